The van der Waals surface area contributed by atoms with Gasteiger partial charge in [-0.05, 0) is 47.2 Å². The molecule has 0 bridgehead atoms. The largest absolute Gasteiger partial charge is 0.489 e. The predicted molar refractivity (Wildman–Crippen MR) is 83.5 cm³/mol. The van der Waals surface area contributed by atoms with Gasteiger partial charge in [0.15, 0.2) is 0 Å². The van der Waals surface area contributed by atoms with Gasteiger partial charge in [-0.3, -0.25) is 0 Å². The SMILES string of the molecule is Cc1ccc(C(C)(C)C)c(OCc2ccnc(Cl)c2)c1. The summed E-state index contributed by atoms with van der Waals surface area (Å²) in [7, 11) is 0. The number of benzene rings is 1. The van der Waals surface area contributed by atoms with Gasteiger partial charge in [0.2, 0.25) is 0 Å². The van der Waals surface area contributed by atoms with E-state index in [1.165, 1.54) is 11.1 Å². The van der Waals surface area contributed by atoms with Crippen molar-refractivity contribution >= 4 is 11.6 Å². The van der Waals surface area contributed by atoms with E-state index in [9.17, 15) is 0 Å². The molecule has 1 heterocycles. The number of hydrogen-bond donors (Lipinski definition) is 0. The van der Waals surface area contributed by atoms with Gasteiger partial charge in [-0.2, -0.15) is 0 Å². The minimum atomic E-state index is 0.0545. The number of nitrogens with zero attached hydrogens (tertiary/aromatic N) is 1. The zero-order valence-corrected chi connectivity index (χ0v) is 13.2. The van der Waals surface area contributed by atoms with Crippen molar-refractivity contribution in [3.63, 3.8) is 0 Å². The molecule has 0 aliphatic rings. The van der Waals surface area contributed by atoms with Crippen LogP contribution in [-0.2, 0) is 12.0 Å². The molecule has 1 aromatic carbocycles. The highest BCUT2D eigenvalue weighted by atomic mass is 35.5. The molecule has 20 heavy (non-hydrogen) atoms. The molecule has 1 aromatic heterocycles. The van der Waals surface area contributed by atoms with E-state index in [2.05, 4.69) is 50.9 Å². The average Bonchev–Trinajstić information content (AvgIpc) is 2.35. The maximum Gasteiger partial charge on any atom is 0.129 e. The number of rotatable bonds is 3. The number of ether oxygens (including phenoxy) is 1. The standard InChI is InChI=1S/C17H20ClNO/c1-12-5-6-14(17(2,3)4)15(9-12)20-11-13-7-8-19-16(18)10-13/h5-10H,11H2,1-4H3. The van der Waals surface area contributed by atoms with Gasteiger partial charge < -0.3 is 4.74 Å². The lowest BCUT2D eigenvalue weighted by atomic mass is 9.86. The fraction of sp³-hybridized carbons (Fsp3) is 0.353. The fourth-order valence-corrected chi connectivity index (χ4v) is 2.26. The molecule has 2 aromatic rings. The minimum Gasteiger partial charge on any atom is -0.489 e. The predicted octanol–water partition coefficient (Wildman–Crippen LogP) is 4.92. The van der Waals surface area contributed by atoms with Crippen molar-refractivity contribution in [2.24, 2.45) is 0 Å². The van der Waals surface area contributed by atoms with Gasteiger partial charge in [-0.15, -0.1) is 0 Å². The van der Waals surface area contributed by atoms with Crippen molar-refractivity contribution in [2.45, 2.75) is 39.7 Å². The minimum absolute atomic E-state index is 0.0545. The van der Waals surface area contributed by atoms with Crippen LogP contribution in [0.2, 0.25) is 5.15 Å². The van der Waals surface area contributed by atoms with Gasteiger partial charge in [-0.25, -0.2) is 4.98 Å². The Morgan fingerprint density at radius 3 is 2.55 bits per heavy atom. The Hall–Kier alpha value is -1.54. The third kappa shape index (κ3) is 3.73. The Kier molecular flexibility index (Phi) is 4.34. The van der Waals surface area contributed by atoms with E-state index < -0.39 is 0 Å². The monoisotopic (exact) mass is 289 g/mol. The molecule has 0 aliphatic heterocycles. The van der Waals surface area contributed by atoms with Crippen molar-refractivity contribution < 1.29 is 4.74 Å². The van der Waals surface area contributed by atoms with Crippen LogP contribution in [0.25, 0.3) is 0 Å². The Labute approximate surface area is 125 Å². The zero-order chi connectivity index (χ0) is 14.8. The summed E-state index contributed by atoms with van der Waals surface area (Å²) < 4.78 is 6.00. The molecule has 0 fully saturated rings. The lowest BCUT2D eigenvalue weighted by Crippen LogP contribution is -2.13. The third-order valence-corrected chi connectivity index (χ3v) is 3.34. The molecule has 0 spiro atoms. The summed E-state index contributed by atoms with van der Waals surface area (Å²) in [6.45, 7) is 9.13. The van der Waals surface area contributed by atoms with Crippen LogP contribution < -0.4 is 4.74 Å². The molecular weight excluding hydrogens is 270 g/mol. The van der Waals surface area contributed by atoms with E-state index in [1.54, 1.807) is 6.20 Å². The van der Waals surface area contributed by atoms with E-state index in [0.717, 1.165) is 11.3 Å². The van der Waals surface area contributed by atoms with Crippen LogP contribution in [0.15, 0.2) is 36.5 Å². The van der Waals surface area contributed by atoms with Gasteiger partial charge in [0.1, 0.15) is 17.5 Å². The smallest absolute Gasteiger partial charge is 0.129 e. The first-order valence-electron chi connectivity index (χ1n) is 6.70. The fourth-order valence-electron chi connectivity index (χ4n) is 2.06. The number of hydrogen-bond acceptors (Lipinski definition) is 2. The molecule has 2 rings (SSSR count). The maximum atomic E-state index is 6.00. The van der Waals surface area contributed by atoms with E-state index in [-0.39, 0.29) is 5.41 Å². The van der Waals surface area contributed by atoms with Crippen molar-refractivity contribution in [1.29, 1.82) is 0 Å². The lowest BCUT2D eigenvalue weighted by molar-refractivity contribution is 0.297. The normalized spacial score (nSPS) is 11.4. The Morgan fingerprint density at radius 2 is 1.90 bits per heavy atom. The van der Waals surface area contributed by atoms with Crippen LogP contribution in [0.4, 0.5) is 0 Å². The molecule has 0 unspecified atom stereocenters. The number of aryl methyl sites for hydroxylation is 1. The number of aromatic nitrogens is 1. The Balaban J connectivity index is 2.22. The first kappa shape index (κ1) is 14.9. The van der Waals surface area contributed by atoms with Crippen molar-refractivity contribution in [2.75, 3.05) is 0 Å². The zero-order valence-electron chi connectivity index (χ0n) is 12.4. The summed E-state index contributed by atoms with van der Waals surface area (Å²) in [6, 6.07) is 10.1. The first-order chi connectivity index (χ1) is 9.36. The Morgan fingerprint density at radius 1 is 1.15 bits per heavy atom. The summed E-state index contributed by atoms with van der Waals surface area (Å²) in [5.74, 6) is 0.936. The average molecular weight is 290 g/mol. The molecular formula is C17H20ClNO. The van der Waals surface area contributed by atoms with Crippen LogP contribution in [0, 0.1) is 6.92 Å². The van der Waals surface area contributed by atoms with Gasteiger partial charge in [0, 0.05) is 6.20 Å². The molecule has 3 heteroatoms. The summed E-state index contributed by atoms with van der Waals surface area (Å²) in [5.41, 5.74) is 3.48. The summed E-state index contributed by atoms with van der Waals surface area (Å²) in [4.78, 5) is 3.98. The van der Waals surface area contributed by atoms with E-state index in [1.807, 2.05) is 12.1 Å². The van der Waals surface area contributed by atoms with Crippen LogP contribution in [0.3, 0.4) is 0 Å². The van der Waals surface area contributed by atoms with E-state index in [0.29, 0.717) is 11.8 Å². The summed E-state index contributed by atoms with van der Waals surface area (Å²) in [5, 5.41) is 0.492. The lowest BCUT2D eigenvalue weighted by Gasteiger charge is -2.23. The van der Waals surface area contributed by atoms with Gasteiger partial charge in [0.05, 0.1) is 0 Å². The molecule has 106 valence electrons. The van der Waals surface area contributed by atoms with Crippen molar-refractivity contribution in [3.05, 3.63) is 58.4 Å². The van der Waals surface area contributed by atoms with Crippen LogP contribution in [0.1, 0.15) is 37.5 Å². The second-order valence-corrected chi connectivity index (χ2v) is 6.41. The van der Waals surface area contributed by atoms with Crippen LogP contribution in [0.5, 0.6) is 5.75 Å². The second-order valence-electron chi connectivity index (χ2n) is 6.03. The number of halogens is 1. The molecule has 0 atom stereocenters. The quantitative estimate of drug-likeness (QED) is 0.748. The summed E-state index contributed by atoms with van der Waals surface area (Å²) in [6.07, 6.45) is 1.70. The third-order valence-electron chi connectivity index (χ3n) is 3.13. The van der Waals surface area contributed by atoms with Crippen molar-refractivity contribution in [1.82, 2.24) is 4.98 Å². The highest BCUT2D eigenvalue weighted by molar-refractivity contribution is 6.29. The first-order valence-corrected chi connectivity index (χ1v) is 7.08. The molecule has 0 amide bonds. The Bertz CT molecular complexity index is 602. The van der Waals surface area contributed by atoms with Crippen molar-refractivity contribution in [3.8, 4) is 5.75 Å². The van der Waals surface area contributed by atoms with E-state index >= 15 is 0 Å². The molecule has 0 radical (unpaired) electrons. The second kappa shape index (κ2) is 5.84. The maximum absolute atomic E-state index is 6.00. The molecule has 0 aliphatic carbocycles. The molecule has 0 N–H and O–H groups in total. The molecule has 2 nitrogen and oxygen atoms in total. The highest BCUT2D eigenvalue weighted by Crippen LogP contribution is 2.32. The van der Waals surface area contributed by atoms with Crippen LogP contribution in [-0.4, -0.2) is 4.98 Å². The topological polar surface area (TPSA) is 22.1 Å². The van der Waals surface area contributed by atoms with Gasteiger partial charge in [0.25, 0.3) is 0 Å². The highest BCUT2D eigenvalue weighted by Gasteiger charge is 2.19. The molecule has 0 saturated carbocycles. The number of pyridine rings is 1. The van der Waals surface area contributed by atoms with E-state index in [4.69, 9.17) is 16.3 Å². The molecule has 0 saturated heterocycles. The van der Waals surface area contributed by atoms with Gasteiger partial charge in [-0.1, -0.05) is 44.5 Å². The summed E-state index contributed by atoms with van der Waals surface area (Å²) >= 11 is 5.89. The van der Waals surface area contributed by atoms with Crippen LogP contribution >= 0.6 is 11.6 Å². The van der Waals surface area contributed by atoms with Gasteiger partial charge >= 0.3 is 0 Å².